The third-order valence-corrected chi connectivity index (χ3v) is 6.32. The number of aromatic nitrogens is 3. The number of carbonyl (C=O) groups excluding carboxylic acids is 1. The minimum absolute atomic E-state index is 0.0542. The number of nitrogens with zero attached hydrogens (tertiary/aromatic N) is 3. The van der Waals surface area contributed by atoms with Crippen molar-refractivity contribution in [2.45, 2.75) is 43.8 Å². The molecule has 2 aromatic heterocycles. The van der Waals surface area contributed by atoms with Crippen LogP contribution in [0.3, 0.4) is 0 Å². The lowest BCUT2D eigenvalue weighted by atomic mass is 10.1. The number of halogens is 1. The van der Waals surface area contributed by atoms with E-state index in [1.807, 2.05) is 60.9 Å². The van der Waals surface area contributed by atoms with Gasteiger partial charge in [0.2, 0.25) is 0 Å². The molecule has 0 aliphatic carbocycles. The van der Waals surface area contributed by atoms with Crippen molar-refractivity contribution in [3.63, 3.8) is 0 Å². The first-order chi connectivity index (χ1) is 15.5. The second kappa shape index (κ2) is 9.96. The zero-order valence-electron chi connectivity index (χ0n) is 18.1. The van der Waals surface area contributed by atoms with Crippen molar-refractivity contribution >= 4 is 28.8 Å². The fraction of sp³-hybridized carbons (Fsp3) is 0.240. The van der Waals surface area contributed by atoms with E-state index >= 15 is 0 Å². The van der Waals surface area contributed by atoms with Gasteiger partial charge >= 0.3 is 0 Å². The smallest absolute Gasteiger partial charge is 0.251 e. The van der Waals surface area contributed by atoms with Crippen LogP contribution in [0, 0.1) is 5.82 Å². The number of hydrogen-bond donors (Lipinski definition) is 1. The van der Waals surface area contributed by atoms with Gasteiger partial charge in [0.05, 0.1) is 6.54 Å². The molecule has 7 heteroatoms. The Labute approximate surface area is 191 Å². The first kappa shape index (κ1) is 22.0. The van der Waals surface area contributed by atoms with E-state index in [1.165, 1.54) is 12.1 Å². The molecule has 0 aliphatic rings. The van der Waals surface area contributed by atoms with Gasteiger partial charge in [-0.15, -0.1) is 0 Å². The first-order valence-electron chi connectivity index (χ1n) is 10.6. The van der Waals surface area contributed by atoms with Crippen LogP contribution < -0.4 is 5.32 Å². The molecule has 0 saturated heterocycles. The van der Waals surface area contributed by atoms with Crippen molar-refractivity contribution < 1.29 is 9.18 Å². The third-order valence-electron chi connectivity index (χ3n) is 5.27. The zero-order chi connectivity index (χ0) is 22.5. The molecule has 2 aromatic carbocycles. The molecule has 4 aromatic rings. The molecular formula is C25H25FN4OS. The number of fused-ring (bicyclic) bond motifs is 1. The Hall–Kier alpha value is -3.19. The number of pyridine rings is 1. The summed E-state index contributed by atoms with van der Waals surface area (Å²) in [5.74, 6) is 0.382. The Bertz CT molecular complexity index is 1220. The Kier molecular flexibility index (Phi) is 6.85. The highest BCUT2D eigenvalue weighted by Gasteiger charge is 2.14. The number of rotatable bonds is 8. The summed E-state index contributed by atoms with van der Waals surface area (Å²) >= 11 is 1.60. The number of benzene rings is 2. The van der Waals surface area contributed by atoms with Crippen LogP contribution in [-0.2, 0) is 12.3 Å². The zero-order valence-corrected chi connectivity index (χ0v) is 18.9. The summed E-state index contributed by atoms with van der Waals surface area (Å²) < 4.78 is 15.7. The van der Waals surface area contributed by atoms with Gasteiger partial charge in [0.25, 0.3) is 5.91 Å². The molecule has 0 radical (unpaired) electrons. The molecule has 0 unspecified atom stereocenters. The molecule has 2 heterocycles. The van der Waals surface area contributed by atoms with Crippen LogP contribution in [0.25, 0.3) is 11.2 Å². The van der Waals surface area contributed by atoms with Crippen LogP contribution in [-0.4, -0.2) is 26.5 Å². The maximum Gasteiger partial charge on any atom is 0.251 e. The third kappa shape index (κ3) is 5.16. The number of thioether (sulfide) groups is 1. The van der Waals surface area contributed by atoms with E-state index in [1.54, 1.807) is 24.0 Å². The monoisotopic (exact) mass is 448 g/mol. The Morgan fingerprint density at radius 3 is 2.69 bits per heavy atom. The van der Waals surface area contributed by atoms with Crippen LogP contribution in [0.1, 0.15) is 41.8 Å². The van der Waals surface area contributed by atoms with Gasteiger partial charge in [0.15, 0.2) is 10.8 Å². The van der Waals surface area contributed by atoms with Crippen molar-refractivity contribution in [3.8, 4) is 0 Å². The summed E-state index contributed by atoms with van der Waals surface area (Å²) in [6.07, 6.45) is 2.63. The number of amides is 1. The lowest BCUT2D eigenvalue weighted by Gasteiger charge is -2.11. The van der Waals surface area contributed by atoms with E-state index in [4.69, 9.17) is 4.98 Å². The topological polar surface area (TPSA) is 59.8 Å². The second-order valence-corrected chi connectivity index (χ2v) is 8.67. The first-order valence-corrected chi connectivity index (χ1v) is 11.6. The van der Waals surface area contributed by atoms with Crippen LogP contribution >= 0.6 is 11.8 Å². The van der Waals surface area contributed by atoms with Gasteiger partial charge in [0.1, 0.15) is 11.3 Å². The molecule has 1 atom stereocenters. The average Bonchev–Trinajstić information content (AvgIpc) is 3.15. The van der Waals surface area contributed by atoms with Crippen LogP contribution in [0.4, 0.5) is 4.39 Å². The van der Waals surface area contributed by atoms with Gasteiger partial charge in [-0.2, -0.15) is 0 Å². The summed E-state index contributed by atoms with van der Waals surface area (Å²) in [5, 5.41) is 3.80. The standard InChI is InChI=1S/C25H25FN4OS/c1-3-17(2)28-24(31)20-11-9-18(10-12-20)16-32-25-29-22-8-5-13-27-23(22)30(25)15-19-6-4-7-21(26)14-19/h4-14,17H,3,15-16H2,1-2H3,(H,28,31)/t17-/m0/s1. The van der Waals surface area contributed by atoms with Crippen molar-refractivity contribution in [1.82, 2.24) is 19.9 Å². The van der Waals surface area contributed by atoms with Crippen LogP contribution in [0.2, 0.25) is 0 Å². The Balaban J connectivity index is 1.51. The molecule has 4 rings (SSSR count). The summed E-state index contributed by atoms with van der Waals surface area (Å²) in [7, 11) is 0. The van der Waals surface area contributed by atoms with E-state index in [0.29, 0.717) is 17.9 Å². The number of hydrogen-bond acceptors (Lipinski definition) is 4. The molecule has 0 fully saturated rings. The highest BCUT2D eigenvalue weighted by atomic mass is 32.2. The van der Waals surface area contributed by atoms with Crippen molar-refractivity contribution in [1.29, 1.82) is 0 Å². The molecular weight excluding hydrogens is 423 g/mol. The maximum atomic E-state index is 13.7. The van der Waals surface area contributed by atoms with Gasteiger partial charge in [0, 0.05) is 23.6 Å². The fourth-order valence-corrected chi connectivity index (χ4v) is 4.28. The summed E-state index contributed by atoms with van der Waals surface area (Å²) in [6.45, 7) is 4.53. The SMILES string of the molecule is CC[C@H](C)NC(=O)c1ccc(CSc2nc3cccnc3n2Cc2cccc(F)c2)cc1. The summed E-state index contributed by atoms with van der Waals surface area (Å²) in [4.78, 5) is 21.5. The van der Waals surface area contributed by atoms with Crippen LogP contribution in [0.15, 0.2) is 72.0 Å². The number of nitrogens with one attached hydrogen (secondary N) is 1. The average molecular weight is 449 g/mol. The molecule has 0 spiro atoms. The van der Waals surface area contributed by atoms with E-state index < -0.39 is 0 Å². The summed E-state index contributed by atoms with van der Waals surface area (Å²) in [5.41, 5.74) is 4.18. The maximum absolute atomic E-state index is 13.7. The quantitative estimate of drug-likeness (QED) is 0.365. The van der Waals surface area contributed by atoms with Gasteiger partial charge in [-0.25, -0.2) is 14.4 Å². The minimum atomic E-state index is -0.258. The molecule has 1 N–H and O–H groups in total. The van der Waals surface area contributed by atoms with Crippen LogP contribution in [0.5, 0.6) is 0 Å². The normalized spacial score (nSPS) is 12.1. The molecule has 1 amide bonds. The van der Waals surface area contributed by atoms with E-state index in [9.17, 15) is 9.18 Å². The number of carbonyl (C=O) groups is 1. The van der Waals surface area contributed by atoms with Gasteiger partial charge in [-0.1, -0.05) is 43.0 Å². The Morgan fingerprint density at radius 2 is 1.94 bits per heavy atom. The van der Waals surface area contributed by atoms with Gasteiger partial charge < -0.3 is 5.32 Å². The molecule has 5 nitrogen and oxygen atoms in total. The lowest BCUT2D eigenvalue weighted by molar-refractivity contribution is 0.0939. The van der Waals surface area contributed by atoms with Crippen molar-refractivity contribution in [2.24, 2.45) is 0 Å². The van der Waals surface area contributed by atoms with Gasteiger partial charge in [-0.05, 0) is 60.9 Å². The lowest BCUT2D eigenvalue weighted by Crippen LogP contribution is -2.31. The molecule has 32 heavy (non-hydrogen) atoms. The molecule has 0 aliphatic heterocycles. The number of imidazole rings is 1. The van der Waals surface area contributed by atoms with Crippen molar-refractivity contribution in [2.75, 3.05) is 0 Å². The minimum Gasteiger partial charge on any atom is -0.350 e. The van der Waals surface area contributed by atoms with Crippen molar-refractivity contribution in [3.05, 3.63) is 89.4 Å². The summed E-state index contributed by atoms with van der Waals surface area (Å²) in [6, 6.07) is 18.2. The highest BCUT2D eigenvalue weighted by molar-refractivity contribution is 7.98. The fourth-order valence-electron chi connectivity index (χ4n) is 3.32. The molecule has 0 saturated carbocycles. The largest absolute Gasteiger partial charge is 0.350 e. The predicted octanol–water partition coefficient (Wildman–Crippen LogP) is 5.44. The van der Waals surface area contributed by atoms with E-state index in [0.717, 1.165) is 33.9 Å². The van der Waals surface area contributed by atoms with E-state index in [-0.39, 0.29) is 17.8 Å². The van der Waals surface area contributed by atoms with E-state index in [2.05, 4.69) is 10.3 Å². The molecule has 164 valence electrons. The highest BCUT2D eigenvalue weighted by Crippen LogP contribution is 2.27. The Morgan fingerprint density at radius 1 is 1.12 bits per heavy atom. The second-order valence-electron chi connectivity index (χ2n) is 7.72. The van der Waals surface area contributed by atoms with Gasteiger partial charge in [-0.3, -0.25) is 9.36 Å². The molecule has 0 bridgehead atoms. The predicted molar refractivity (Wildman–Crippen MR) is 126 cm³/mol.